The van der Waals surface area contributed by atoms with Crippen molar-refractivity contribution in [1.82, 2.24) is 0 Å². The normalized spacial score (nSPS) is 8.44. The average molecular weight is 541 g/mol. The van der Waals surface area contributed by atoms with Crippen molar-refractivity contribution in [2.24, 2.45) is 0 Å². The molecule has 0 aliphatic rings. The molecule has 0 saturated heterocycles. The summed E-state index contributed by atoms with van der Waals surface area (Å²) in [6, 6.07) is 14.9. The van der Waals surface area contributed by atoms with E-state index in [2.05, 4.69) is 10.6 Å². The van der Waals surface area contributed by atoms with E-state index in [0.29, 0.717) is 24.2 Å². The second-order valence-electron chi connectivity index (χ2n) is 5.29. The standard InChI is InChI=1S/2C10H13NO.2FH.Hf/c2*1-3-11-10(12)9-6-4-8(2)5-7-9;;;/h2*4-7H,3H2,1-2H3,(H,11,12);2*1H;/q;;;;+4/p-4. The fourth-order valence-electron chi connectivity index (χ4n) is 1.86. The molecule has 0 aliphatic heterocycles. The number of benzene rings is 2. The van der Waals surface area contributed by atoms with Crippen LogP contribution in [0.15, 0.2) is 48.5 Å². The third-order valence-corrected chi connectivity index (χ3v) is 3.20. The van der Waals surface area contributed by atoms with E-state index in [4.69, 9.17) is 0 Å². The number of hydrogen-bond acceptors (Lipinski definition) is 2. The quantitative estimate of drug-likeness (QED) is 0.470. The van der Waals surface area contributed by atoms with Crippen LogP contribution in [0.2, 0.25) is 0 Å². The van der Waals surface area contributed by atoms with Crippen LogP contribution in [0.25, 0.3) is 10.6 Å². The zero-order valence-electron chi connectivity index (χ0n) is 16.0. The molecule has 144 valence electrons. The molecule has 7 heteroatoms. The van der Waals surface area contributed by atoms with Crippen LogP contribution in [0.1, 0.15) is 45.7 Å². The Bertz CT molecular complexity index is 603. The number of aryl methyl sites for hydroxylation is 2. The summed E-state index contributed by atoms with van der Waals surface area (Å²) < 4.78 is 0. The predicted octanol–water partition coefficient (Wildman–Crippen LogP) is -0.937. The average Bonchev–Trinajstić information content (AvgIpc) is 2.57. The number of nitrogens with zero attached hydrogens (tertiary/aromatic N) is 2. The molecule has 2 aromatic rings. The Balaban J connectivity index is -0.000000384. The van der Waals surface area contributed by atoms with Crippen molar-refractivity contribution in [2.75, 3.05) is 13.1 Å². The molecule has 0 atom stereocenters. The summed E-state index contributed by atoms with van der Waals surface area (Å²) in [5, 5.41) is 7.57. The van der Waals surface area contributed by atoms with Crippen LogP contribution in [0.3, 0.4) is 0 Å². The Hall–Kier alpha value is -1.89. The van der Waals surface area contributed by atoms with E-state index >= 15 is 0 Å². The van der Waals surface area contributed by atoms with Crippen LogP contribution in [-0.4, -0.2) is 24.9 Å². The molecule has 4 nitrogen and oxygen atoms in total. The third kappa shape index (κ3) is 11.4. The topological polar surface area (TPSA) is 62.3 Å². The van der Waals surface area contributed by atoms with Crippen LogP contribution in [0.5, 0.6) is 0 Å². The van der Waals surface area contributed by atoms with E-state index < -0.39 is 0 Å². The van der Waals surface area contributed by atoms with E-state index in [1.807, 2.05) is 52.0 Å². The second kappa shape index (κ2) is 16.3. The molecule has 2 rings (SSSR count). The fraction of sp³-hybridized carbons (Fsp3) is 0.300. The first-order chi connectivity index (χ1) is 11.5. The van der Waals surface area contributed by atoms with Gasteiger partial charge in [-0.3, -0.25) is 0 Å². The molecule has 0 aliphatic carbocycles. The van der Waals surface area contributed by atoms with Crippen LogP contribution < -0.4 is 9.41 Å². The van der Waals surface area contributed by atoms with Crippen molar-refractivity contribution in [1.29, 1.82) is 0 Å². The summed E-state index contributed by atoms with van der Waals surface area (Å²) in [7, 11) is 0. The number of hydrogen-bond donors (Lipinski definition) is 0. The van der Waals surface area contributed by atoms with Gasteiger partial charge in [0, 0.05) is 0 Å². The van der Waals surface area contributed by atoms with Crippen molar-refractivity contribution in [3.63, 3.8) is 0 Å². The molecule has 0 unspecified atom stereocenters. The summed E-state index contributed by atoms with van der Waals surface area (Å²) >= 11 is 0. The first kappa shape index (κ1) is 29.9. The zero-order valence-corrected chi connectivity index (χ0v) is 19.6. The first-order valence-electron chi connectivity index (χ1n) is 8.04. The monoisotopic (exact) mass is 542 g/mol. The van der Waals surface area contributed by atoms with E-state index in [9.17, 15) is 9.59 Å². The maximum Gasteiger partial charge on any atom is 4.00 e. The molecule has 0 heterocycles. The second-order valence-corrected chi connectivity index (χ2v) is 5.29. The summed E-state index contributed by atoms with van der Waals surface area (Å²) in [6.45, 7) is 8.79. The van der Waals surface area contributed by atoms with Crippen molar-refractivity contribution < 1.29 is 44.8 Å². The van der Waals surface area contributed by atoms with E-state index in [0.717, 1.165) is 11.1 Å². The Morgan fingerprint density at radius 3 is 1.15 bits per heavy atom. The van der Waals surface area contributed by atoms with Crippen molar-refractivity contribution >= 4 is 11.8 Å². The Morgan fingerprint density at radius 1 is 0.667 bits per heavy atom. The molecule has 0 spiro atoms. The minimum absolute atomic E-state index is 0. The molecule has 2 aromatic carbocycles. The fourth-order valence-corrected chi connectivity index (χ4v) is 1.86. The molecule has 0 saturated carbocycles. The van der Waals surface area contributed by atoms with Gasteiger partial charge in [-0.1, -0.05) is 73.5 Å². The smallest absolute Gasteiger partial charge is 1.00 e. The van der Waals surface area contributed by atoms with Gasteiger partial charge in [-0.05, 0) is 25.0 Å². The van der Waals surface area contributed by atoms with Crippen molar-refractivity contribution in [2.45, 2.75) is 27.7 Å². The van der Waals surface area contributed by atoms with Gasteiger partial charge in [-0.2, -0.15) is 0 Å². The molecule has 27 heavy (non-hydrogen) atoms. The predicted molar refractivity (Wildman–Crippen MR) is 98.8 cm³/mol. The summed E-state index contributed by atoms with van der Waals surface area (Å²) in [5.41, 5.74) is 3.65. The number of rotatable bonds is 4. The van der Waals surface area contributed by atoms with Crippen LogP contribution in [0, 0.1) is 13.8 Å². The van der Waals surface area contributed by atoms with Gasteiger partial charge in [-0.15, -0.1) is 13.1 Å². The van der Waals surface area contributed by atoms with Gasteiger partial charge in [0.15, 0.2) is 0 Å². The summed E-state index contributed by atoms with van der Waals surface area (Å²) in [6.07, 6.45) is 0. The number of carbonyl (C=O) groups excluding carboxylic acids is 2. The number of amides is 2. The molecular weight excluding hydrogens is 517 g/mol. The van der Waals surface area contributed by atoms with Crippen LogP contribution in [0.4, 0.5) is 0 Å². The van der Waals surface area contributed by atoms with Crippen LogP contribution >= 0.6 is 0 Å². The first-order valence-corrected chi connectivity index (χ1v) is 8.04. The molecule has 0 bridgehead atoms. The largest absolute Gasteiger partial charge is 4.00 e. The molecule has 0 fully saturated rings. The molecular formula is C20H24F2HfN2O2. The molecule has 2 amide bonds. The maximum atomic E-state index is 11.2. The molecule has 0 aromatic heterocycles. The van der Waals surface area contributed by atoms with Crippen molar-refractivity contribution in [3.8, 4) is 0 Å². The van der Waals surface area contributed by atoms with Gasteiger partial charge in [0.2, 0.25) is 0 Å². The summed E-state index contributed by atoms with van der Waals surface area (Å²) in [4.78, 5) is 22.4. The minimum Gasteiger partial charge on any atom is -1.00 e. The Labute approximate surface area is 178 Å². The van der Waals surface area contributed by atoms with Crippen LogP contribution in [-0.2, 0) is 25.8 Å². The zero-order chi connectivity index (χ0) is 17.9. The Kier molecular flexibility index (Phi) is 18.0. The van der Waals surface area contributed by atoms with Gasteiger partial charge < -0.3 is 29.6 Å². The minimum atomic E-state index is -0.127. The van der Waals surface area contributed by atoms with Gasteiger partial charge in [-0.25, -0.2) is 0 Å². The van der Waals surface area contributed by atoms with E-state index in [-0.39, 0.29) is 47.1 Å². The SMILES string of the molecule is CC[N-]C(=O)c1ccc(C)cc1.CC[N-]C(=O)c1ccc(C)cc1.[F-].[F-].[Hf+4]. The van der Waals surface area contributed by atoms with Crippen molar-refractivity contribution in [3.05, 3.63) is 81.4 Å². The van der Waals surface area contributed by atoms with Gasteiger partial charge in [0.25, 0.3) is 0 Å². The molecule has 0 N–H and O–H groups in total. The third-order valence-electron chi connectivity index (χ3n) is 3.20. The maximum absolute atomic E-state index is 11.2. The molecule has 0 radical (unpaired) electrons. The number of halogens is 2. The van der Waals surface area contributed by atoms with E-state index in [1.54, 1.807) is 24.3 Å². The number of carbonyl (C=O) groups is 2. The summed E-state index contributed by atoms with van der Waals surface area (Å²) in [5.74, 6) is -0.255. The van der Waals surface area contributed by atoms with Gasteiger partial charge >= 0.3 is 25.8 Å². The van der Waals surface area contributed by atoms with Gasteiger partial charge in [0.1, 0.15) is 0 Å². The van der Waals surface area contributed by atoms with Gasteiger partial charge in [0.05, 0.1) is 11.8 Å². The Morgan fingerprint density at radius 2 is 0.926 bits per heavy atom. The van der Waals surface area contributed by atoms with E-state index in [1.165, 1.54) is 0 Å².